The van der Waals surface area contributed by atoms with Crippen molar-refractivity contribution in [1.29, 1.82) is 0 Å². The van der Waals surface area contributed by atoms with Gasteiger partial charge in [0, 0.05) is 62.6 Å². The van der Waals surface area contributed by atoms with Crippen LogP contribution in [0.15, 0.2) is 97.1 Å². The third-order valence-electron chi connectivity index (χ3n) is 12.4. The largest absolute Gasteiger partial charge is 0.508 e. The molecule has 0 aromatic heterocycles. The maximum atomic E-state index is 13.5. The van der Waals surface area contributed by atoms with E-state index in [2.05, 4.69) is 89.3 Å². The van der Waals surface area contributed by atoms with E-state index >= 15 is 0 Å². The number of amides is 4. The summed E-state index contributed by atoms with van der Waals surface area (Å²) in [7, 11) is 0. The lowest BCUT2D eigenvalue weighted by Gasteiger charge is -2.47. The molecule has 3 unspecified atom stereocenters. The first-order valence-corrected chi connectivity index (χ1v) is 20.4. The molecule has 0 spiro atoms. The van der Waals surface area contributed by atoms with Crippen LogP contribution in [0.5, 0.6) is 5.75 Å². The molecule has 294 valence electrons. The van der Waals surface area contributed by atoms with Crippen molar-refractivity contribution in [3.63, 3.8) is 0 Å². The second kappa shape index (κ2) is 16.0. The average Bonchev–Trinajstić information content (AvgIpc) is 3.47. The van der Waals surface area contributed by atoms with Gasteiger partial charge >= 0.3 is 0 Å². The summed E-state index contributed by atoms with van der Waals surface area (Å²) in [5.74, 6) is -1.08. The van der Waals surface area contributed by atoms with Gasteiger partial charge in [0.1, 0.15) is 11.8 Å². The number of carbonyl (C=O) groups is 4. The molecule has 10 heteroatoms. The standard InChI is InChI=1S/C47H51N5O5/c1-4-39(33-8-6-5-7-9-33)44(35-12-17-38(53)18-13-35)34-10-14-36(15-11-34)49-24-22-32(23-25-49)29-51-30(2)27-50(28-31(51)3)37-16-19-40-41(26-37)47(57)52(46(40)56)42-20-21-43(54)48-45(42)55/h5-19,26,30-32,42,53H,4,20-25,27-29H2,1-3H3,(H,48,54,55). The number of piperidine rings is 2. The molecule has 4 aliphatic heterocycles. The van der Waals surface area contributed by atoms with E-state index in [0.29, 0.717) is 29.1 Å². The van der Waals surface area contributed by atoms with Crippen LogP contribution >= 0.6 is 0 Å². The highest BCUT2D eigenvalue weighted by Gasteiger charge is 2.45. The zero-order valence-corrected chi connectivity index (χ0v) is 33.0. The van der Waals surface area contributed by atoms with Crippen molar-refractivity contribution in [2.45, 2.75) is 71.0 Å². The maximum Gasteiger partial charge on any atom is 0.262 e. The number of hydrogen-bond donors (Lipinski definition) is 2. The van der Waals surface area contributed by atoms with E-state index in [-0.39, 0.29) is 24.5 Å². The fourth-order valence-corrected chi connectivity index (χ4v) is 9.40. The molecule has 2 N–H and O–H groups in total. The molecule has 0 bridgehead atoms. The SMILES string of the molecule is CCC(=C(c1ccc(O)cc1)c1ccc(N2CCC(CN3C(C)CN(c4ccc5c(c4)C(=O)N(C4CCC(=O)NC4=O)C5=O)CC3C)CC2)cc1)c1ccccc1. The number of aromatic hydroxyl groups is 1. The molecule has 4 aromatic carbocycles. The molecule has 0 radical (unpaired) electrons. The van der Waals surface area contributed by atoms with Gasteiger partial charge in [-0.15, -0.1) is 0 Å². The van der Waals surface area contributed by atoms with Crippen molar-refractivity contribution in [3.05, 3.63) is 125 Å². The summed E-state index contributed by atoms with van der Waals surface area (Å²) in [4.78, 5) is 59.4. The molecule has 10 nitrogen and oxygen atoms in total. The van der Waals surface area contributed by atoms with Crippen molar-refractivity contribution < 1.29 is 24.3 Å². The number of phenols is 1. The summed E-state index contributed by atoms with van der Waals surface area (Å²) in [5, 5.41) is 12.3. The average molecular weight is 766 g/mol. The summed E-state index contributed by atoms with van der Waals surface area (Å²) in [5.41, 5.74) is 8.68. The van der Waals surface area contributed by atoms with Gasteiger partial charge in [0.2, 0.25) is 11.8 Å². The predicted molar refractivity (Wildman–Crippen MR) is 223 cm³/mol. The number of rotatable bonds is 9. The van der Waals surface area contributed by atoms with Crippen molar-refractivity contribution in [3.8, 4) is 5.75 Å². The van der Waals surface area contributed by atoms with Crippen LogP contribution in [0.25, 0.3) is 11.1 Å². The lowest BCUT2D eigenvalue weighted by molar-refractivity contribution is -0.136. The first kappa shape index (κ1) is 38.1. The van der Waals surface area contributed by atoms with Gasteiger partial charge < -0.3 is 14.9 Å². The second-order valence-electron chi connectivity index (χ2n) is 16.1. The van der Waals surface area contributed by atoms with E-state index < -0.39 is 23.8 Å². The molecule has 4 aromatic rings. The normalized spacial score (nSPS) is 22.4. The lowest BCUT2D eigenvalue weighted by Crippen LogP contribution is -2.58. The zero-order chi connectivity index (χ0) is 39.8. The highest BCUT2D eigenvalue weighted by molar-refractivity contribution is 6.23. The van der Waals surface area contributed by atoms with Crippen LogP contribution in [-0.4, -0.2) is 89.4 Å². The quantitative estimate of drug-likeness (QED) is 0.139. The van der Waals surface area contributed by atoms with E-state index in [1.807, 2.05) is 24.3 Å². The first-order chi connectivity index (χ1) is 27.6. The van der Waals surface area contributed by atoms with Crippen LogP contribution in [-0.2, 0) is 9.59 Å². The maximum absolute atomic E-state index is 13.5. The van der Waals surface area contributed by atoms with Crippen molar-refractivity contribution in [1.82, 2.24) is 15.1 Å². The number of piperazine rings is 1. The number of carbonyl (C=O) groups excluding carboxylic acids is 4. The molecule has 3 atom stereocenters. The fourth-order valence-electron chi connectivity index (χ4n) is 9.40. The third kappa shape index (κ3) is 7.58. The van der Waals surface area contributed by atoms with Gasteiger partial charge in [0.15, 0.2) is 0 Å². The highest BCUT2D eigenvalue weighted by atomic mass is 16.3. The molecule has 4 amide bonds. The lowest BCUT2D eigenvalue weighted by atomic mass is 9.88. The van der Waals surface area contributed by atoms with Crippen molar-refractivity contribution in [2.75, 3.05) is 42.5 Å². The Morgan fingerprint density at radius 1 is 0.702 bits per heavy atom. The molecule has 4 heterocycles. The van der Waals surface area contributed by atoms with Crippen LogP contribution in [0.1, 0.15) is 90.3 Å². The number of benzene rings is 4. The van der Waals surface area contributed by atoms with Gasteiger partial charge in [-0.05, 0) is 116 Å². The number of fused-ring (bicyclic) bond motifs is 1. The minimum absolute atomic E-state index is 0.0975. The minimum Gasteiger partial charge on any atom is -0.508 e. The monoisotopic (exact) mass is 765 g/mol. The van der Waals surface area contributed by atoms with E-state index in [4.69, 9.17) is 0 Å². The number of nitrogens with one attached hydrogen (secondary N) is 1. The van der Waals surface area contributed by atoms with Crippen LogP contribution in [0, 0.1) is 5.92 Å². The van der Waals surface area contributed by atoms with Gasteiger partial charge in [-0.25, -0.2) is 0 Å². The Morgan fingerprint density at radius 2 is 1.32 bits per heavy atom. The molecular formula is C47H51N5O5. The van der Waals surface area contributed by atoms with E-state index in [0.717, 1.165) is 73.7 Å². The highest BCUT2D eigenvalue weighted by Crippen LogP contribution is 2.37. The van der Waals surface area contributed by atoms with Crippen LogP contribution in [0.4, 0.5) is 11.4 Å². The molecular weight excluding hydrogens is 715 g/mol. The van der Waals surface area contributed by atoms with Crippen LogP contribution in [0.3, 0.4) is 0 Å². The van der Waals surface area contributed by atoms with Gasteiger partial charge in [-0.1, -0.05) is 61.5 Å². The summed E-state index contributed by atoms with van der Waals surface area (Å²) in [6, 6.07) is 32.1. The van der Waals surface area contributed by atoms with E-state index in [1.54, 1.807) is 24.3 Å². The van der Waals surface area contributed by atoms with E-state index in [1.165, 1.54) is 22.4 Å². The number of nitrogens with zero attached hydrogens (tertiary/aromatic N) is 4. The molecule has 3 fully saturated rings. The zero-order valence-electron chi connectivity index (χ0n) is 33.0. The summed E-state index contributed by atoms with van der Waals surface area (Å²) in [6.45, 7) is 11.4. The molecule has 8 rings (SSSR count). The van der Waals surface area contributed by atoms with Crippen LogP contribution < -0.4 is 15.1 Å². The Labute approximate surface area is 334 Å². The first-order valence-electron chi connectivity index (χ1n) is 20.4. The fraction of sp³-hybridized carbons (Fsp3) is 0.362. The molecule has 3 saturated heterocycles. The van der Waals surface area contributed by atoms with Gasteiger partial charge in [-0.3, -0.25) is 34.3 Å². The molecule has 0 aliphatic carbocycles. The van der Waals surface area contributed by atoms with E-state index in [9.17, 15) is 24.3 Å². The predicted octanol–water partition coefficient (Wildman–Crippen LogP) is 6.98. The van der Waals surface area contributed by atoms with Crippen molar-refractivity contribution in [2.24, 2.45) is 5.92 Å². The molecule has 57 heavy (non-hydrogen) atoms. The summed E-state index contributed by atoms with van der Waals surface area (Å²) >= 11 is 0. The Bertz CT molecular complexity index is 2180. The second-order valence-corrected chi connectivity index (χ2v) is 16.1. The smallest absolute Gasteiger partial charge is 0.262 e. The molecule has 4 aliphatic rings. The summed E-state index contributed by atoms with van der Waals surface area (Å²) in [6.07, 6.45) is 3.37. The van der Waals surface area contributed by atoms with Crippen molar-refractivity contribution >= 4 is 46.1 Å². The van der Waals surface area contributed by atoms with Gasteiger partial charge in [-0.2, -0.15) is 0 Å². The summed E-state index contributed by atoms with van der Waals surface area (Å²) < 4.78 is 0. The van der Waals surface area contributed by atoms with Gasteiger partial charge in [0.05, 0.1) is 11.1 Å². The number of anilines is 2. The van der Waals surface area contributed by atoms with Crippen LogP contribution in [0.2, 0.25) is 0 Å². The Kier molecular flexibility index (Phi) is 10.7. The Morgan fingerprint density at radius 3 is 1.95 bits per heavy atom. The number of hydrogen-bond acceptors (Lipinski definition) is 8. The Hall–Kier alpha value is -5.74. The number of imide groups is 2. The number of allylic oxidation sites excluding steroid dienone is 1. The number of phenolic OH excluding ortho intramolecular Hbond substituents is 1. The third-order valence-corrected chi connectivity index (χ3v) is 12.4. The van der Waals surface area contributed by atoms with Gasteiger partial charge in [0.25, 0.3) is 11.8 Å². The topological polar surface area (TPSA) is 114 Å². The molecule has 0 saturated carbocycles. The minimum atomic E-state index is -0.970. The Balaban J connectivity index is 0.892.